The van der Waals surface area contributed by atoms with Gasteiger partial charge in [0, 0.05) is 10.1 Å². The van der Waals surface area contributed by atoms with Crippen molar-refractivity contribution in [3.63, 3.8) is 0 Å². The van der Waals surface area contributed by atoms with Crippen molar-refractivity contribution in [1.29, 1.82) is 0 Å². The lowest BCUT2D eigenvalue weighted by atomic mass is 9.78. The van der Waals surface area contributed by atoms with Crippen LogP contribution < -0.4 is 0 Å². The van der Waals surface area contributed by atoms with Crippen LogP contribution >= 0.6 is 11.8 Å². The molecule has 25 heavy (non-hydrogen) atoms. The summed E-state index contributed by atoms with van der Waals surface area (Å²) in [6.45, 7) is 15.3. The number of phenolic OH excluding ortho intramolecular Hbond substituents is 1. The first kappa shape index (κ1) is 19.9. The summed E-state index contributed by atoms with van der Waals surface area (Å²) in [4.78, 5) is 1.31. The molecule has 0 spiro atoms. The second kappa shape index (κ2) is 7.45. The summed E-state index contributed by atoms with van der Waals surface area (Å²) < 4.78 is 0. The zero-order chi connectivity index (χ0) is 18.8. The van der Waals surface area contributed by atoms with Gasteiger partial charge in [-0.15, -0.1) is 11.8 Å². The number of benzene rings is 2. The zero-order valence-electron chi connectivity index (χ0n) is 16.7. The van der Waals surface area contributed by atoms with Gasteiger partial charge in [0.25, 0.3) is 0 Å². The Hall–Kier alpha value is -1.41. The maximum atomic E-state index is 10.8. The third-order valence-electron chi connectivity index (χ3n) is 4.39. The molecule has 0 aliphatic carbocycles. The van der Waals surface area contributed by atoms with Gasteiger partial charge in [-0.1, -0.05) is 78.8 Å². The van der Waals surface area contributed by atoms with Crippen molar-refractivity contribution in [2.75, 3.05) is 0 Å². The number of hydrogen-bond acceptors (Lipinski definition) is 2. The predicted molar refractivity (Wildman–Crippen MR) is 111 cm³/mol. The lowest BCUT2D eigenvalue weighted by Gasteiger charge is -2.28. The Kier molecular flexibility index (Phi) is 5.93. The van der Waals surface area contributed by atoms with Crippen molar-refractivity contribution >= 4 is 11.8 Å². The molecule has 0 aliphatic heterocycles. The van der Waals surface area contributed by atoms with Crippen molar-refractivity contribution in [1.82, 2.24) is 0 Å². The topological polar surface area (TPSA) is 20.2 Å². The lowest BCUT2D eigenvalue weighted by Crippen LogP contribution is -2.18. The molecule has 1 atom stereocenters. The van der Waals surface area contributed by atoms with Crippen LogP contribution in [-0.4, -0.2) is 10.4 Å². The highest BCUT2D eigenvalue weighted by atomic mass is 32.2. The predicted octanol–water partition coefficient (Wildman–Crippen LogP) is 6.71. The molecule has 1 unspecified atom stereocenters. The van der Waals surface area contributed by atoms with Crippen LogP contribution in [0.15, 0.2) is 47.4 Å². The van der Waals surface area contributed by atoms with Gasteiger partial charge < -0.3 is 5.11 Å². The molecule has 0 heterocycles. The first-order valence-corrected chi connectivity index (χ1v) is 9.95. The molecule has 0 aromatic heterocycles. The summed E-state index contributed by atoms with van der Waals surface area (Å²) in [7, 11) is 0. The molecule has 2 aromatic rings. The number of phenols is 1. The largest absolute Gasteiger partial charge is 0.507 e. The summed E-state index contributed by atoms with van der Waals surface area (Å²) in [5, 5.41) is 11.3. The molecule has 0 bridgehead atoms. The van der Waals surface area contributed by atoms with E-state index in [9.17, 15) is 5.11 Å². The maximum Gasteiger partial charge on any atom is 0.123 e. The van der Waals surface area contributed by atoms with Crippen molar-refractivity contribution in [2.24, 2.45) is 0 Å². The van der Waals surface area contributed by atoms with Crippen LogP contribution in [0.3, 0.4) is 0 Å². The summed E-state index contributed by atoms with van der Waals surface area (Å²) in [6, 6.07) is 15.0. The van der Waals surface area contributed by atoms with Gasteiger partial charge in [-0.25, -0.2) is 0 Å². The van der Waals surface area contributed by atoms with E-state index in [0.717, 1.165) is 17.5 Å². The van der Waals surface area contributed by atoms with E-state index >= 15 is 0 Å². The minimum absolute atomic E-state index is 0.0735. The minimum atomic E-state index is -0.0735. The molecule has 0 radical (unpaired) electrons. The van der Waals surface area contributed by atoms with Gasteiger partial charge in [-0.05, 0) is 46.1 Å². The van der Waals surface area contributed by atoms with Gasteiger partial charge in [0.05, 0.1) is 0 Å². The van der Waals surface area contributed by atoms with E-state index in [2.05, 4.69) is 90.9 Å². The highest BCUT2D eigenvalue weighted by Crippen LogP contribution is 2.40. The second-order valence-electron chi connectivity index (χ2n) is 8.99. The number of hydrogen-bond donors (Lipinski definition) is 1. The fraction of sp³-hybridized carbons (Fsp3) is 0.478. The fourth-order valence-corrected chi connectivity index (χ4v) is 4.12. The Balaban J connectivity index is 2.34. The molecule has 2 aromatic carbocycles. The highest BCUT2D eigenvalue weighted by Gasteiger charge is 2.26. The molecule has 0 saturated heterocycles. The van der Waals surface area contributed by atoms with Gasteiger partial charge in [-0.3, -0.25) is 0 Å². The van der Waals surface area contributed by atoms with Gasteiger partial charge in [0.15, 0.2) is 0 Å². The van der Waals surface area contributed by atoms with Crippen LogP contribution in [0, 0.1) is 0 Å². The van der Waals surface area contributed by atoms with Crippen molar-refractivity contribution < 1.29 is 5.11 Å². The van der Waals surface area contributed by atoms with Crippen LogP contribution in [0.1, 0.15) is 65.2 Å². The van der Waals surface area contributed by atoms with Gasteiger partial charge in [0.1, 0.15) is 5.75 Å². The van der Waals surface area contributed by atoms with Crippen molar-refractivity contribution in [2.45, 2.75) is 75.9 Å². The third kappa shape index (κ3) is 5.28. The molecule has 2 rings (SSSR count). The van der Waals surface area contributed by atoms with Crippen LogP contribution in [-0.2, 0) is 17.3 Å². The van der Waals surface area contributed by atoms with Gasteiger partial charge >= 0.3 is 0 Å². The van der Waals surface area contributed by atoms with E-state index in [1.807, 2.05) is 11.8 Å². The maximum absolute atomic E-state index is 10.8. The average molecular weight is 357 g/mol. The van der Waals surface area contributed by atoms with E-state index in [1.165, 1.54) is 10.5 Å². The molecule has 0 saturated carbocycles. The van der Waals surface area contributed by atoms with E-state index in [-0.39, 0.29) is 10.8 Å². The summed E-state index contributed by atoms with van der Waals surface area (Å²) in [5.74, 6) is 0.465. The summed E-state index contributed by atoms with van der Waals surface area (Å²) in [6.07, 6.45) is 0.992. The normalized spacial score (nSPS) is 13.7. The van der Waals surface area contributed by atoms with Crippen LogP contribution in [0.4, 0.5) is 0 Å². The third-order valence-corrected chi connectivity index (χ3v) is 5.50. The monoisotopic (exact) mass is 356 g/mol. The molecular weight excluding hydrogens is 324 g/mol. The van der Waals surface area contributed by atoms with Crippen molar-refractivity contribution in [3.8, 4) is 5.75 Å². The van der Waals surface area contributed by atoms with Crippen LogP contribution in [0.2, 0.25) is 0 Å². The van der Waals surface area contributed by atoms with Crippen LogP contribution in [0.25, 0.3) is 0 Å². The Morgan fingerprint density at radius 3 is 1.80 bits per heavy atom. The van der Waals surface area contributed by atoms with Gasteiger partial charge in [-0.2, -0.15) is 0 Å². The van der Waals surface area contributed by atoms with Crippen molar-refractivity contribution in [3.05, 3.63) is 59.2 Å². The molecular formula is C23H32OS. The lowest BCUT2D eigenvalue weighted by molar-refractivity contribution is 0.422. The van der Waals surface area contributed by atoms with Crippen LogP contribution in [0.5, 0.6) is 5.75 Å². The first-order chi connectivity index (χ1) is 11.5. The van der Waals surface area contributed by atoms with E-state index in [0.29, 0.717) is 11.0 Å². The Bertz CT molecular complexity index is 670. The smallest absolute Gasteiger partial charge is 0.123 e. The summed E-state index contributed by atoms with van der Waals surface area (Å²) in [5.41, 5.74) is 3.26. The first-order valence-electron chi connectivity index (χ1n) is 9.07. The Labute approximate surface area is 157 Å². The Morgan fingerprint density at radius 2 is 1.36 bits per heavy atom. The highest BCUT2D eigenvalue weighted by molar-refractivity contribution is 7.99. The molecule has 1 nitrogen and oxygen atoms in total. The fourth-order valence-electron chi connectivity index (χ4n) is 3.06. The molecule has 0 aliphatic rings. The number of thioether (sulfide) groups is 1. The SMILES string of the molecule is CC(Cc1cc(C(C)(C)C)c(O)c(C(C)(C)C)c1)Sc1ccccc1. The van der Waals surface area contributed by atoms with E-state index in [1.54, 1.807) is 0 Å². The quantitative estimate of drug-likeness (QED) is 0.614. The molecule has 0 fully saturated rings. The van der Waals surface area contributed by atoms with E-state index in [4.69, 9.17) is 0 Å². The molecule has 2 heteroatoms. The average Bonchev–Trinajstić information content (AvgIpc) is 2.47. The molecule has 1 N–H and O–H groups in total. The standard InChI is InChI=1S/C23H32OS/c1-16(25-18-11-9-8-10-12-18)13-17-14-19(22(2,3)4)21(24)20(15-17)23(5,6)7/h8-12,14-16,24H,13H2,1-7H3. The second-order valence-corrected chi connectivity index (χ2v) is 10.5. The zero-order valence-corrected chi connectivity index (χ0v) is 17.5. The van der Waals surface area contributed by atoms with Gasteiger partial charge in [0.2, 0.25) is 0 Å². The Morgan fingerprint density at radius 1 is 0.880 bits per heavy atom. The van der Waals surface area contributed by atoms with E-state index < -0.39 is 0 Å². The number of aromatic hydroxyl groups is 1. The minimum Gasteiger partial charge on any atom is -0.507 e. The molecule has 0 amide bonds. The molecule has 136 valence electrons. The summed E-state index contributed by atoms with van der Waals surface area (Å²) >= 11 is 1.91. The number of rotatable bonds is 4.